The van der Waals surface area contributed by atoms with Gasteiger partial charge in [0.05, 0.1) is 16.3 Å². The number of aromatic nitrogens is 2. The van der Waals surface area contributed by atoms with Crippen molar-refractivity contribution in [1.29, 1.82) is 0 Å². The number of carbonyl (C=O) groups excluding carboxylic acids is 3. The minimum Gasteiger partial charge on any atom is -0.340 e. The highest BCUT2D eigenvalue weighted by Gasteiger charge is 2.25. The first-order chi connectivity index (χ1) is 13.2. The highest BCUT2D eigenvalue weighted by Crippen LogP contribution is 2.15. The van der Waals surface area contributed by atoms with E-state index in [1.54, 1.807) is 38.1 Å². The van der Waals surface area contributed by atoms with Gasteiger partial charge in [0.25, 0.3) is 17.7 Å². The van der Waals surface area contributed by atoms with Gasteiger partial charge in [-0.2, -0.15) is 5.10 Å². The summed E-state index contributed by atoms with van der Waals surface area (Å²) >= 11 is 6.03. The van der Waals surface area contributed by atoms with E-state index in [0.717, 1.165) is 11.4 Å². The van der Waals surface area contributed by atoms with Crippen molar-refractivity contribution in [1.82, 2.24) is 25.9 Å². The lowest BCUT2D eigenvalue weighted by Crippen LogP contribution is -2.54. The van der Waals surface area contributed by atoms with Crippen molar-refractivity contribution >= 4 is 29.3 Å². The van der Waals surface area contributed by atoms with Crippen LogP contribution in [0.3, 0.4) is 0 Å². The average molecular weight is 406 g/mol. The molecule has 1 heterocycles. The summed E-state index contributed by atoms with van der Waals surface area (Å²) in [6.45, 7) is 7.21. The SMILES string of the molecule is Cc1cc(C)n(CC(=O)NNC(=O)[C@@H](NC(=O)c2ccccc2Cl)C(C)C)n1. The van der Waals surface area contributed by atoms with Crippen LogP contribution in [0.5, 0.6) is 0 Å². The molecular formula is C19H24ClN5O3. The molecule has 0 radical (unpaired) electrons. The van der Waals surface area contributed by atoms with Crippen molar-refractivity contribution in [2.45, 2.75) is 40.3 Å². The van der Waals surface area contributed by atoms with Crippen LogP contribution in [-0.2, 0) is 16.1 Å². The van der Waals surface area contributed by atoms with Gasteiger partial charge >= 0.3 is 0 Å². The normalized spacial score (nSPS) is 11.8. The van der Waals surface area contributed by atoms with Crippen molar-refractivity contribution in [3.05, 3.63) is 52.3 Å². The van der Waals surface area contributed by atoms with Gasteiger partial charge in [0.1, 0.15) is 12.6 Å². The Morgan fingerprint density at radius 3 is 2.39 bits per heavy atom. The van der Waals surface area contributed by atoms with Gasteiger partial charge in [0.15, 0.2) is 0 Å². The molecule has 0 aliphatic rings. The molecule has 0 fully saturated rings. The molecule has 0 saturated carbocycles. The lowest BCUT2D eigenvalue weighted by Gasteiger charge is -2.22. The molecule has 1 aromatic carbocycles. The molecule has 3 N–H and O–H groups in total. The Morgan fingerprint density at radius 2 is 1.82 bits per heavy atom. The van der Waals surface area contributed by atoms with Crippen LogP contribution in [0.1, 0.15) is 35.6 Å². The molecule has 8 nitrogen and oxygen atoms in total. The molecule has 0 aliphatic carbocycles. The summed E-state index contributed by atoms with van der Waals surface area (Å²) in [7, 11) is 0. The third-order valence-corrected chi connectivity index (χ3v) is 4.41. The average Bonchev–Trinajstić information content (AvgIpc) is 2.94. The van der Waals surface area contributed by atoms with Crippen LogP contribution in [-0.4, -0.2) is 33.5 Å². The smallest absolute Gasteiger partial charge is 0.261 e. The lowest BCUT2D eigenvalue weighted by atomic mass is 10.0. The molecule has 2 rings (SSSR count). The van der Waals surface area contributed by atoms with Crippen LogP contribution in [0.4, 0.5) is 0 Å². The zero-order valence-electron chi connectivity index (χ0n) is 16.2. The first-order valence-electron chi connectivity index (χ1n) is 8.84. The van der Waals surface area contributed by atoms with Crippen LogP contribution in [0.25, 0.3) is 0 Å². The van der Waals surface area contributed by atoms with Crippen molar-refractivity contribution in [3.8, 4) is 0 Å². The molecule has 150 valence electrons. The van der Waals surface area contributed by atoms with Gasteiger partial charge < -0.3 is 5.32 Å². The fourth-order valence-corrected chi connectivity index (χ4v) is 2.84. The van der Waals surface area contributed by atoms with Crippen LogP contribution in [0.15, 0.2) is 30.3 Å². The van der Waals surface area contributed by atoms with Crippen molar-refractivity contribution in [3.63, 3.8) is 0 Å². The predicted octanol–water partition coefficient (Wildman–Crippen LogP) is 1.76. The zero-order valence-corrected chi connectivity index (χ0v) is 17.0. The number of rotatable bonds is 6. The third-order valence-electron chi connectivity index (χ3n) is 4.08. The standard InChI is InChI=1S/C19H24ClN5O3/c1-11(2)17(21-18(27)14-7-5-6-8-15(14)20)19(28)23-22-16(26)10-25-13(4)9-12(3)24-25/h5-9,11,17H,10H2,1-4H3,(H,21,27)(H,22,26)(H,23,28)/t17-/m0/s1. The second kappa shape index (κ2) is 9.36. The topological polar surface area (TPSA) is 105 Å². The van der Waals surface area contributed by atoms with E-state index < -0.39 is 23.8 Å². The molecule has 0 saturated heterocycles. The largest absolute Gasteiger partial charge is 0.340 e. The number of hydrazine groups is 1. The Hall–Kier alpha value is -2.87. The lowest BCUT2D eigenvalue weighted by molar-refractivity contribution is -0.130. The number of aryl methyl sites for hydroxylation is 2. The molecule has 2 aromatic rings. The van der Waals surface area contributed by atoms with E-state index >= 15 is 0 Å². The molecule has 3 amide bonds. The number of nitrogens with one attached hydrogen (secondary N) is 3. The molecule has 0 unspecified atom stereocenters. The molecule has 1 atom stereocenters. The quantitative estimate of drug-likeness (QED) is 0.637. The molecule has 1 aromatic heterocycles. The maximum atomic E-state index is 12.5. The maximum Gasteiger partial charge on any atom is 0.261 e. The summed E-state index contributed by atoms with van der Waals surface area (Å²) in [6, 6.07) is 7.57. The van der Waals surface area contributed by atoms with Crippen LogP contribution in [0.2, 0.25) is 5.02 Å². The number of hydrogen-bond donors (Lipinski definition) is 3. The van der Waals surface area contributed by atoms with Crippen molar-refractivity contribution in [2.24, 2.45) is 5.92 Å². The number of benzene rings is 1. The fraction of sp³-hybridized carbons (Fsp3) is 0.368. The second-order valence-electron chi connectivity index (χ2n) is 6.80. The Balaban J connectivity index is 1.95. The van der Waals surface area contributed by atoms with Gasteiger partial charge in [-0.1, -0.05) is 37.6 Å². The third kappa shape index (κ3) is 5.56. The summed E-state index contributed by atoms with van der Waals surface area (Å²) in [5.74, 6) is -1.63. The minimum atomic E-state index is -0.849. The Labute approximate surface area is 168 Å². The van der Waals surface area contributed by atoms with E-state index in [4.69, 9.17) is 11.6 Å². The molecule has 0 spiro atoms. The number of halogens is 1. The number of nitrogens with zero attached hydrogens (tertiary/aromatic N) is 2. The number of hydrogen-bond acceptors (Lipinski definition) is 4. The van der Waals surface area contributed by atoms with E-state index in [0.29, 0.717) is 5.02 Å². The first kappa shape index (κ1) is 21.4. The summed E-state index contributed by atoms with van der Waals surface area (Å²) in [5.41, 5.74) is 6.62. The monoisotopic (exact) mass is 405 g/mol. The van der Waals surface area contributed by atoms with Gasteiger partial charge in [0, 0.05) is 5.69 Å². The molecule has 0 aliphatic heterocycles. The summed E-state index contributed by atoms with van der Waals surface area (Å²) < 4.78 is 1.54. The Kier molecular flexibility index (Phi) is 7.17. The van der Waals surface area contributed by atoms with Gasteiger partial charge in [0.2, 0.25) is 0 Å². The van der Waals surface area contributed by atoms with E-state index in [1.807, 2.05) is 19.9 Å². The molecule has 9 heteroatoms. The number of carbonyl (C=O) groups is 3. The highest BCUT2D eigenvalue weighted by molar-refractivity contribution is 6.33. The van der Waals surface area contributed by atoms with Gasteiger partial charge in [-0.15, -0.1) is 0 Å². The summed E-state index contributed by atoms with van der Waals surface area (Å²) in [5, 5.41) is 7.14. The maximum absolute atomic E-state index is 12.5. The predicted molar refractivity (Wildman–Crippen MR) is 106 cm³/mol. The zero-order chi connectivity index (χ0) is 20.8. The molecule has 0 bridgehead atoms. The van der Waals surface area contributed by atoms with Crippen LogP contribution >= 0.6 is 11.6 Å². The van der Waals surface area contributed by atoms with Crippen LogP contribution in [0, 0.1) is 19.8 Å². The first-order valence-corrected chi connectivity index (χ1v) is 9.22. The highest BCUT2D eigenvalue weighted by atomic mass is 35.5. The van der Waals surface area contributed by atoms with Gasteiger partial charge in [-0.25, -0.2) is 0 Å². The summed E-state index contributed by atoms with van der Waals surface area (Å²) in [6.07, 6.45) is 0. The second-order valence-corrected chi connectivity index (χ2v) is 7.20. The van der Waals surface area contributed by atoms with Crippen molar-refractivity contribution < 1.29 is 14.4 Å². The summed E-state index contributed by atoms with van der Waals surface area (Å²) in [4.78, 5) is 37.0. The molecular weight excluding hydrogens is 382 g/mol. The fourth-order valence-electron chi connectivity index (χ4n) is 2.62. The Bertz CT molecular complexity index is 878. The Morgan fingerprint density at radius 1 is 1.14 bits per heavy atom. The van der Waals surface area contributed by atoms with Crippen LogP contribution < -0.4 is 16.2 Å². The van der Waals surface area contributed by atoms with E-state index in [2.05, 4.69) is 21.3 Å². The van der Waals surface area contributed by atoms with E-state index in [1.165, 1.54) is 4.68 Å². The van der Waals surface area contributed by atoms with E-state index in [9.17, 15) is 14.4 Å². The van der Waals surface area contributed by atoms with Gasteiger partial charge in [-0.05, 0) is 38.0 Å². The van der Waals surface area contributed by atoms with Gasteiger partial charge in [-0.3, -0.25) is 29.9 Å². The van der Waals surface area contributed by atoms with Crippen molar-refractivity contribution in [2.75, 3.05) is 0 Å². The number of amides is 3. The van der Waals surface area contributed by atoms with E-state index in [-0.39, 0.29) is 18.0 Å². The minimum absolute atomic E-state index is 0.0295. The molecule has 28 heavy (non-hydrogen) atoms.